The fraction of sp³-hybridized carbons (Fsp3) is 0.529. The Bertz CT molecular complexity index is 676. The van der Waals surface area contributed by atoms with Crippen LogP contribution in [-0.4, -0.2) is 47.0 Å². The first-order valence-electron chi connectivity index (χ1n) is 8.13. The van der Waals surface area contributed by atoms with Crippen LogP contribution in [0.1, 0.15) is 46.4 Å². The first kappa shape index (κ1) is 16.1. The summed E-state index contributed by atoms with van der Waals surface area (Å²) >= 11 is 1.74. The third kappa shape index (κ3) is 3.13. The number of carbonyl (C=O) groups is 1. The number of aryl methyl sites for hydroxylation is 2. The summed E-state index contributed by atoms with van der Waals surface area (Å²) in [7, 11) is 0. The van der Waals surface area contributed by atoms with Gasteiger partial charge < -0.3 is 14.8 Å². The van der Waals surface area contributed by atoms with Crippen molar-refractivity contribution in [3.05, 3.63) is 34.1 Å². The highest BCUT2D eigenvalue weighted by Gasteiger charge is 2.26. The minimum absolute atomic E-state index is 0.140. The summed E-state index contributed by atoms with van der Waals surface area (Å²) in [6, 6.07) is 1.90. The molecule has 0 radical (unpaired) electrons. The quantitative estimate of drug-likeness (QED) is 0.939. The van der Waals surface area contributed by atoms with Crippen molar-refractivity contribution in [2.75, 3.05) is 31.1 Å². The Hall–Kier alpha value is -1.82. The topological polar surface area (TPSA) is 52.2 Å². The lowest BCUT2D eigenvalue weighted by Gasteiger charge is -2.34. The molecule has 0 unspecified atom stereocenters. The second-order valence-electron chi connectivity index (χ2n) is 6.38. The van der Waals surface area contributed by atoms with Crippen LogP contribution >= 0.6 is 11.3 Å². The molecule has 0 bridgehead atoms. The zero-order valence-corrected chi connectivity index (χ0v) is 15.0. The Kier molecular flexibility index (Phi) is 4.43. The zero-order chi connectivity index (χ0) is 16.6. The smallest absolute Gasteiger partial charge is 0.255 e. The molecule has 1 saturated heterocycles. The summed E-state index contributed by atoms with van der Waals surface area (Å²) < 4.78 is 0. The monoisotopic (exact) mass is 332 g/mol. The Morgan fingerprint density at radius 3 is 2.52 bits per heavy atom. The van der Waals surface area contributed by atoms with Crippen molar-refractivity contribution in [3.8, 4) is 0 Å². The molecule has 1 amide bonds. The number of nitrogens with one attached hydrogen (secondary N) is 1. The minimum atomic E-state index is 0.140. The van der Waals surface area contributed by atoms with Crippen LogP contribution < -0.4 is 4.90 Å². The lowest BCUT2D eigenvalue weighted by Crippen LogP contribution is -2.48. The fourth-order valence-corrected chi connectivity index (χ4v) is 3.87. The van der Waals surface area contributed by atoms with E-state index in [-0.39, 0.29) is 5.91 Å². The molecule has 0 spiro atoms. The molecule has 1 N–H and O–H groups in total. The Morgan fingerprint density at radius 2 is 1.96 bits per heavy atom. The first-order chi connectivity index (χ1) is 11.0. The van der Waals surface area contributed by atoms with Gasteiger partial charge in [-0.3, -0.25) is 4.79 Å². The molecule has 0 aromatic carbocycles. The maximum atomic E-state index is 12.8. The fourth-order valence-electron chi connectivity index (χ4n) is 2.91. The molecule has 0 saturated carbocycles. The number of aromatic nitrogens is 2. The van der Waals surface area contributed by atoms with Crippen LogP contribution in [0.25, 0.3) is 0 Å². The predicted molar refractivity (Wildman–Crippen MR) is 94.6 cm³/mol. The molecule has 3 rings (SSSR count). The van der Waals surface area contributed by atoms with Crippen LogP contribution in [0.5, 0.6) is 0 Å². The van der Waals surface area contributed by atoms with Crippen molar-refractivity contribution in [3.63, 3.8) is 0 Å². The number of rotatable bonds is 3. The third-order valence-corrected chi connectivity index (χ3v) is 5.58. The molecule has 0 atom stereocenters. The second-order valence-corrected chi connectivity index (χ2v) is 7.56. The van der Waals surface area contributed by atoms with Crippen LogP contribution in [0.2, 0.25) is 0 Å². The highest BCUT2D eigenvalue weighted by Crippen LogP contribution is 2.26. The lowest BCUT2D eigenvalue weighted by molar-refractivity contribution is 0.0745. The van der Waals surface area contributed by atoms with Crippen molar-refractivity contribution in [2.24, 2.45) is 0 Å². The van der Waals surface area contributed by atoms with Crippen LogP contribution in [-0.2, 0) is 0 Å². The van der Waals surface area contributed by atoms with E-state index in [1.165, 1.54) is 4.88 Å². The summed E-state index contributed by atoms with van der Waals surface area (Å²) in [4.78, 5) is 26.1. The number of H-pyrrole nitrogens is 1. The number of piperazine rings is 1. The van der Waals surface area contributed by atoms with Gasteiger partial charge in [0, 0.05) is 42.9 Å². The molecule has 3 heterocycles. The molecule has 0 aliphatic carbocycles. The van der Waals surface area contributed by atoms with Gasteiger partial charge in [-0.2, -0.15) is 0 Å². The second kappa shape index (κ2) is 6.35. The highest BCUT2D eigenvalue weighted by molar-refractivity contribution is 7.15. The molecular formula is C17H24N4OS. The number of thiazole rings is 1. The van der Waals surface area contributed by atoms with Gasteiger partial charge in [0.2, 0.25) is 0 Å². The SMILES string of the molecule is Cc1nc(N2CCN(C(=O)c3cc[nH]c3C(C)C)CC2)sc1C. The zero-order valence-electron chi connectivity index (χ0n) is 14.2. The van der Waals surface area contributed by atoms with Gasteiger partial charge in [0.15, 0.2) is 5.13 Å². The van der Waals surface area contributed by atoms with E-state index in [2.05, 4.69) is 42.6 Å². The molecule has 6 heteroatoms. The van der Waals surface area contributed by atoms with Gasteiger partial charge >= 0.3 is 0 Å². The number of anilines is 1. The number of hydrogen-bond donors (Lipinski definition) is 1. The Labute approximate surface area is 141 Å². The van der Waals surface area contributed by atoms with Crippen molar-refractivity contribution < 1.29 is 4.79 Å². The van der Waals surface area contributed by atoms with Gasteiger partial charge in [-0.1, -0.05) is 13.8 Å². The van der Waals surface area contributed by atoms with Gasteiger partial charge in [0.05, 0.1) is 11.3 Å². The standard InChI is InChI=1S/C17H24N4OS/c1-11(2)15-14(5-6-18-15)16(22)20-7-9-21(10-8-20)17-19-12(3)13(4)23-17/h5-6,11,18H,7-10H2,1-4H3. The molecule has 23 heavy (non-hydrogen) atoms. The Morgan fingerprint density at radius 1 is 1.26 bits per heavy atom. The summed E-state index contributed by atoms with van der Waals surface area (Å²) in [5, 5.41) is 1.08. The predicted octanol–water partition coefficient (Wildman–Crippen LogP) is 3.17. The third-order valence-electron chi connectivity index (χ3n) is 4.44. The van der Waals surface area contributed by atoms with E-state index in [0.717, 1.165) is 48.3 Å². The van der Waals surface area contributed by atoms with Crippen molar-refractivity contribution in [2.45, 2.75) is 33.6 Å². The summed E-state index contributed by atoms with van der Waals surface area (Å²) in [6.45, 7) is 11.6. The van der Waals surface area contributed by atoms with Gasteiger partial charge in [0.1, 0.15) is 0 Å². The van der Waals surface area contributed by atoms with Gasteiger partial charge in [-0.05, 0) is 25.8 Å². The summed E-state index contributed by atoms with van der Waals surface area (Å²) in [5.74, 6) is 0.465. The normalized spacial score (nSPS) is 15.5. The van der Waals surface area contributed by atoms with Crippen LogP contribution in [0.3, 0.4) is 0 Å². The largest absolute Gasteiger partial charge is 0.364 e. The van der Waals surface area contributed by atoms with Crippen LogP contribution in [0.15, 0.2) is 12.3 Å². The number of amides is 1. The van der Waals surface area contributed by atoms with Gasteiger partial charge in [0.25, 0.3) is 5.91 Å². The molecule has 2 aromatic rings. The van der Waals surface area contributed by atoms with E-state index in [1.807, 2.05) is 17.2 Å². The molecule has 5 nitrogen and oxygen atoms in total. The maximum absolute atomic E-state index is 12.8. The lowest BCUT2D eigenvalue weighted by atomic mass is 10.1. The van der Waals surface area contributed by atoms with E-state index >= 15 is 0 Å². The maximum Gasteiger partial charge on any atom is 0.255 e. The van der Waals surface area contributed by atoms with E-state index in [1.54, 1.807) is 11.3 Å². The van der Waals surface area contributed by atoms with Crippen LogP contribution in [0, 0.1) is 13.8 Å². The molecule has 2 aromatic heterocycles. The first-order valence-corrected chi connectivity index (χ1v) is 8.94. The van der Waals surface area contributed by atoms with E-state index in [0.29, 0.717) is 5.92 Å². The summed E-state index contributed by atoms with van der Waals surface area (Å²) in [6.07, 6.45) is 1.86. The average Bonchev–Trinajstić information content (AvgIpc) is 3.14. The highest BCUT2D eigenvalue weighted by atomic mass is 32.1. The van der Waals surface area contributed by atoms with E-state index in [4.69, 9.17) is 0 Å². The molecule has 1 fully saturated rings. The van der Waals surface area contributed by atoms with Crippen LogP contribution in [0.4, 0.5) is 5.13 Å². The summed E-state index contributed by atoms with van der Waals surface area (Å²) in [5.41, 5.74) is 2.95. The number of nitrogens with zero attached hydrogens (tertiary/aromatic N) is 3. The van der Waals surface area contributed by atoms with Gasteiger partial charge in [-0.25, -0.2) is 4.98 Å². The van der Waals surface area contributed by atoms with E-state index < -0.39 is 0 Å². The minimum Gasteiger partial charge on any atom is -0.364 e. The number of hydrogen-bond acceptors (Lipinski definition) is 4. The van der Waals surface area contributed by atoms with E-state index in [9.17, 15) is 4.79 Å². The van der Waals surface area contributed by atoms with Gasteiger partial charge in [-0.15, -0.1) is 11.3 Å². The number of carbonyl (C=O) groups excluding carboxylic acids is 1. The van der Waals surface area contributed by atoms with Crippen molar-refractivity contribution in [1.82, 2.24) is 14.9 Å². The average molecular weight is 332 g/mol. The molecular weight excluding hydrogens is 308 g/mol. The molecule has 1 aliphatic heterocycles. The van der Waals surface area contributed by atoms with Crippen molar-refractivity contribution >= 4 is 22.4 Å². The molecule has 124 valence electrons. The molecule has 1 aliphatic rings. The van der Waals surface area contributed by atoms with Crippen molar-refractivity contribution in [1.29, 1.82) is 0 Å². The Balaban J connectivity index is 1.66. The number of aromatic amines is 1.